The minimum absolute atomic E-state index is 0.159. The van der Waals surface area contributed by atoms with Crippen molar-refractivity contribution in [1.29, 1.82) is 0 Å². The van der Waals surface area contributed by atoms with Crippen molar-refractivity contribution >= 4 is 11.8 Å². The summed E-state index contributed by atoms with van der Waals surface area (Å²) in [6.07, 6.45) is 46.3. The van der Waals surface area contributed by atoms with Crippen LogP contribution in [0.1, 0.15) is 162 Å². The molecule has 1 unspecified atom stereocenters. The van der Waals surface area contributed by atoms with E-state index in [1.807, 2.05) is 19.0 Å². The van der Waals surface area contributed by atoms with E-state index in [2.05, 4.69) is 74.6 Å². The van der Waals surface area contributed by atoms with E-state index in [1.54, 1.807) is 0 Å². The fourth-order valence-electron chi connectivity index (χ4n) is 5.17. The molecule has 1 atom stereocenters. The Hall–Kier alpha value is -2.20. The van der Waals surface area contributed by atoms with E-state index in [-0.39, 0.29) is 17.9 Å². The van der Waals surface area contributed by atoms with Gasteiger partial charge in [0.15, 0.2) is 0 Å². The zero-order valence-corrected chi connectivity index (χ0v) is 30.0. The van der Waals surface area contributed by atoms with E-state index in [9.17, 15) is 9.59 Å². The van der Waals surface area contributed by atoms with Crippen LogP contribution in [0.15, 0.2) is 60.8 Å². The molecule has 258 valence electrons. The molecule has 0 heterocycles. The molecule has 0 saturated heterocycles. The number of allylic oxidation sites excluding steroid dienone is 10. The first-order valence-corrected chi connectivity index (χ1v) is 18.6. The molecular formula is C41H71NO3. The van der Waals surface area contributed by atoms with Gasteiger partial charge in [-0.25, -0.2) is 0 Å². The molecule has 0 spiro atoms. The summed E-state index contributed by atoms with van der Waals surface area (Å²) >= 11 is 0. The van der Waals surface area contributed by atoms with Gasteiger partial charge in [0, 0.05) is 25.8 Å². The molecule has 4 nitrogen and oxygen atoms in total. The molecule has 0 N–H and O–H groups in total. The predicted molar refractivity (Wildman–Crippen MR) is 197 cm³/mol. The number of Topliss-reactive ketones (excluding diaryl/α,β-unsaturated/α-hetero) is 1. The largest absolute Gasteiger partial charge is 0.461 e. The molecule has 0 aromatic heterocycles. The third-order valence-corrected chi connectivity index (χ3v) is 7.76. The Morgan fingerprint density at radius 3 is 1.51 bits per heavy atom. The van der Waals surface area contributed by atoms with E-state index in [1.165, 1.54) is 57.8 Å². The number of unbranched alkanes of at least 4 members (excludes halogenated alkanes) is 13. The van der Waals surface area contributed by atoms with E-state index >= 15 is 0 Å². The molecule has 0 aliphatic rings. The summed E-state index contributed by atoms with van der Waals surface area (Å²) in [5, 5.41) is 0. The maximum Gasteiger partial charge on any atom is 0.306 e. The van der Waals surface area contributed by atoms with Crippen molar-refractivity contribution < 1.29 is 14.3 Å². The van der Waals surface area contributed by atoms with Crippen molar-refractivity contribution in [2.45, 2.75) is 168 Å². The van der Waals surface area contributed by atoms with Gasteiger partial charge in [-0.2, -0.15) is 0 Å². The summed E-state index contributed by atoms with van der Waals surface area (Å²) in [5.74, 6) is 0.0578. The van der Waals surface area contributed by atoms with Crippen LogP contribution in [-0.2, 0) is 14.3 Å². The first-order chi connectivity index (χ1) is 22.0. The highest BCUT2D eigenvalue weighted by molar-refractivity contribution is 5.79. The second kappa shape index (κ2) is 34.7. The van der Waals surface area contributed by atoms with Gasteiger partial charge in [0.2, 0.25) is 0 Å². The molecule has 0 amide bonds. The van der Waals surface area contributed by atoms with E-state index in [0.717, 1.165) is 70.6 Å². The van der Waals surface area contributed by atoms with Crippen molar-refractivity contribution in [3.63, 3.8) is 0 Å². The molecule has 0 rings (SSSR count). The van der Waals surface area contributed by atoms with E-state index in [0.29, 0.717) is 25.8 Å². The third-order valence-electron chi connectivity index (χ3n) is 7.76. The number of hydrogen-bond donors (Lipinski definition) is 0. The molecule has 0 bridgehead atoms. The second-order valence-electron chi connectivity index (χ2n) is 12.7. The Bertz CT molecular complexity index is 821. The zero-order chi connectivity index (χ0) is 33.1. The average Bonchev–Trinajstić information content (AvgIpc) is 3.00. The van der Waals surface area contributed by atoms with Gasteiger partial charge in [0.05, 0.1) is 0 Å². The van der Waals surface area contributed by atoms with E-state index in [4.69, 9.17) is 4.74 Å². The predicted octanol–water partition coefficient (Wildman–Crippen LogP) is 11.8. The number of ketones is 1. The molecule has 0 aliphatic heterocycles. The fourth-order valence-corrected chi connectivity index (χ4v) is 5.17. The summed E-state index contributed by atoms with van der Waals surface area (Å²) in [4.78, 5) is 27.1. The maximum absolute atomic E-state index is 12.6. The summed E-state index contributed by atoms with van der Waals surface area (Å²) < 4.78 is 5.75. The first-order valence-electron chi connectivity index (χ1n) is 18.6. The number of carbonyl (C=O) groups excluding carboxylic acids is 2. The number of likely N-dealkylation sites (N-methyl/N-ethyl adjacent to an activating group) is 1. The van der Waals surface area contributed by atoms with Crippen LogP contribution in [0.4, 0.5) is 0 Å². The van der Waals surface area contributed by atoms with Crippen LogP contribution in [0.5, 0.6) is 0 Å². The highest BCUT2D eigenvalue weighted by atomic mass is 16.5. The van der Waals surface area contributed by atoms with Crippen molar-refractivity contribution in [3.05, 3.63) is 60.8 Å². The average molecular weight is 626 g/mol. The monoisotopic (exact) mass is 626 g/mol. The molecular weight excluding hydrogens is 554 g/mol. The van der Waals surface area contributed by atoms with Crippen LogP contribution in [-0.4, -0.2) is 43.4 Å². The molecule has 45 heavy (non-hydrogen) atoms. The minimum atomic E-state index is -0.340. The SMILES string of the molecule is CC/C=C\C/C=C\C/C=C\CCCCCCCC(=O)OC(CC(=O)CCCCCCC/C=C\C/C=C\CCCCC)CN(C)C. The third kappa shape index (κ3) is 34.5. The Labute approximate surface area is 279 Å². The van der Waals surface area contributed by atoms with Gasteiger partial charge < -0.3 is 9.64 Å². The van der Waals surface area contributed by atoms with Crippen molar-refractivity contribution in [2.75, 3.05) is 20.6 Å². The number of esters is 1. The number of ether oxygens (including phenoxy) is 1. The Balaban J connectivity index is 3.88. The Morgan fingerprint density at radius 2 is 1.00 bits per heavy atom. The molecule has 0 saturated carbocycles. The van der Waals surface area contributed by atoms with Crippen molar-refractivity contribution in [1.82, 2.24) is 4.90 Å². The lowest BCUT2D eigenvalue weighted by molar-refractivity contribution is -0.151. The lowest BCUT2D eigenvalue weighted by Gasteiger charge is -2.21. The summed E-state index contributed by atoms with van der Waals surface area (Å²) in [5.41, 5.74) is 0. The zero-order valence-electron chi connectivity index (χ0n) is 30.0. The number of carbonyl (C=O) groups is 2. The summed E-state index contributed by atoms with van der Waals surface area (Å²) in [6, 6.07) is 0. The van der Waals surface area contributed by atoms with Gasteiger partial charge in [-0.3, -0.25) is 9.59 Å². The number of nitrogens with zero attached hydrogens (tertiary/aromatic N) is 1. The maximum atomic E-state index is 12.6. The highest BCUT2D eigenvalue weighted by Gasteiger charge is 2.19. The van der Waals surface area contributed by atoms with Crippen molar-refractivity contribution in [3.8, 4) is 0 Å². The van der Waals surface area contributed by atoms with Crippen molar-refractivity contribution in [2.24, 2.45) is 0 Å². The quantitative estimate of drug-likeness (QED) is 0.0424. The normalized spacial score (nSPS) is 13.1. The topological polar surface area (TPSA) is 46.6 Å². The van der Waals surface area contributed by atoms with Crippen LogP contribution < -0.4 is 0 Å². The van der Waals surface area contributed by atoms with Gasteiger partial charge in [0.25, 0.3) is 0 Å². The lowest BCUT2D eigenvalue weighted by atomic mass is 10.0. The molecule has 0 aliphatic carbocycles. The number of hydrogen-bond acceptors (Lipinski definition) is 4. The summed E-state index contributed by atoms with van der Waals surface area (Å²) in [7, 11) is 3.92. The van der Waals surface area contributed by atoms with Crippen LogP contribution in [0.25, 0.3) is 0 Å². The first kappa shape index (κ1) is 42.8. The smallest absolute Gasteiger partial charge is 0.306 e. The Morgan fingerprint density at radius 1 is 0.556 bits per heavy atom. The molecule has 0 fully saturated rings. The highest BCUT2D eigenvalue weighted by Crippen LogP contribution is 2.13. The minimum Gasteiger partial charge on any atom is -0.461 e. The van der Waals surface area contributed by atoms with Gasteiger partial charge in [-0.05, 0) is 91.1 Å². The summed E-state index contributed by atoms with van der Waals surface area (Å²) in [6.45, 7) is 5.00. The van der Waals surface area contributed by atoms with Gasteiger partial charge in [-0.15, -0.1) is 0 Å². The van der Waals surface area contributed by atoms with E-state index < -0.39 is 0 Å². The van der Waals surface area contributed by atoms with Gasteiger partial charge in [0.1, 0.15) is 11.9 Å². The lowest BCUT2D eigenvalue weighted by Crippen LogP contribution is -2.32. The Kier molecular flexibility index (Phi) is 33.0. The van der Waals surface area contributed by atoms with Gasteiger partial charge >= 0.3 is 5.97 Å². The van der Waals surface area contributed by atoms with Crippen LogP contribution in [0.2, 0.25) is 0 Å². The fraction of sp³-hybridized carbons (Fsp3) is 0.707. The van der Waals surface area contributed by atoms with Crippen LogP contribution >= 0.6 is 0 Å². The van der Waals surface area contributed by atoms with Crippen LogP contribution in [0.3, 0.4) is 0 Å². The van der Waals surface area contributed by atoms with Crippen LogP contribution in [0, 0.1) is 0 Å². The number of rotatable bonds is 32. The molecule has 0 radical (unpaired) electrons. The second-order valence-corrected chi connectivity index (χ2v) is 12.7. The molecule has 0 aromatic carbocycles. The molecule has 0 aromatic rings. The van der Waals surface area contributed by atoms with Gasteiger partial charge in [-0.1, -0.05) is 126 Å². The standard InChI is InChI=1S/C41H71NO3/c1-5-7-9-11-13-15-17-19-21-23-25-27-29-31-33-35-39(43)37-40(38-42(3)4)45-41(44)36-34-32-30-28-26-24-22-20-18-16-14-12-10-8-6-2/h8,10,13-16,19-22,40H,5-7,9,11-12,17-18,23-38H2,1-4H3/b10-8-,15-13-,16-14-,21-19-,22-20-. The molecule has 4 heteroatoms.